The maximum atomic E-state index is 3.75. The van der Waals surface area contributed by atoms with E-state index < -0.39 is 0 Å². The van der Waals surface area contributed by atoms with Crippen LogP contribution >= 0.6 is 0 Å². The Labute approximate surface area is 115 Å². The normalized spacial score (nSPS) is 24.3. The van der Waals surface area contributed by atoms with E-state index in [-0.39, 0.29) is 0 Å². The summed E-state index contributed by atoms with van der Waals surface area (Å²) in [5, 5.41) is 3.75. The number of piperazine rings is 1. The topological polar surface area (TPSA) is 15.3 Å². The van der Waals surface area contributed by atoms with Crippen molar-refractivity contribution < 1.29 is 0 Å². The van der Waals surface area contributed by atoms with Crippen LogP contribution in [0.3, 0.4) is 0 Å². The molecule has 1 rings (SSSR count). The molecule has 1 aliphatic heterocycles. The summed E-state index contributed by atoms with van der Waals surface area (Å²) in [4.78, 5) is 2.80. The van der Waals surface area contributed by atoms with Crippen LogP contribution < -0.4 is 5.32 Å². The second kappa shape index (κ2) is 8.16. The van der Waals surface area contributed by atoms with E-state index in [0.717, 1.165) is 0 Å². The van der Waals surface area contributed by atoms with E-state index >= 15 is 0 Å². The summed E-state index contributed by atoms with van der Waals surface area (Å²) in [6.45, 7) is 13.1. The lowest BCUT2D eigenvalue weighted by molar-refractivity contribution is 0.0294. The zero-order chi connectivity index (χ0) is 13.4. The molecule has 18 heavy (non-hydrogen) atoms. The first-order chi connectivity index (χ1) is 8.72. The molecule has 1 saturated heterocycles. The minimum Gasteiger partial charge on any atom is -0.311 e. The van der Waals surface area contributed by atoms with Crippen LogP contribution in [0.5, 0.6) is 0 Å². The summed E-state index contributed by atoms with van der Waals surface area (Å²) in [7, 11) is 0. The monoisotopic (exact) mass is 254 g/mol. The SMILES string of the molecule is CCCCCCN1CC(CC)NCC1(CC)CC. The molecule has 2 heteroatoms. The molecular formula is C16H34N2. The number of nitrogens with one attached hydrogen (secondary N) is 1. The number of hydrogen-bond donors (Lipinski definition) is 1. The van der Waals surface area contributed by atoms with Crippen LogP contribution in [0, 0.1) is 0 Å². The number of nitrogens with zero attached hydrogens (tertiary/aromatic N) is 1. The minimum atomic E-state index is 0.428. The average Bonchev–Trinajstić information content (AvgIpc) is 2.43. The van der Waals surface area contributed by atoms with Crippen LogP contribution in [-0.2, 0) is 0 Å². The van der Waals surface area contributed by atoms with Crippen molar-refractivity contribution in [1.82, 2.24) is 10.2 Å². The minimum absolute atomic E-state index is 0.428. The fourth-order valence-electron chi connectivity index (χ4n) is 3.25. The van der Waals surface area contributed by atoms with Crippen LogP contribution in [0.2, 0.25) is 0 Å². The summed E-state index contributed by atoms with van der Waals surface area (Å²) < 4.78 is 0. The standard InChI is InChI=1S/C16H34N2/c1-5-9-10-11-12-18-13-15(6-2)17-14-16(18,7-3)8-4/h15,17H,5-14H2,1-4H3. The molecule has 0 aliphatic carbocycles. The van der Waals surface area contributed by atoms with Gasteiger partial charge in [0.05, 0.1) is 0 Å². The van der Waals surface area contributed by atoms with E-state index in [1.54, 1.807) is 0 Å². The second-order valence-electron chi connectivity index (χ2n) is 5.92. The molecule has 0 aromatic carbocycles. The first-order valence-electron chi connectivity index (χ1n) is 8.20. The third kappa shape index (κ3) is 3.96. The van der Waals surface area contributed by atoms with Gasteiger partial charge in [-0.2, -0.15) is 0 Å². The number of hydrogen-bond acceptors (Lipinski definition) is 2. The van der Waals surface area contributed by atoms with E-state index in [9.17, 15) is 0 Å². The van der Waals surface area contributed by atoms with Gasteiger partial charge in [0, 0.05) is 24.7 Å². The molecule has 0 radical (unpaired) electrons. The van der Waals surface area contributed by atoms with Gasteiger partial charge in [-0.05, 0) is 32.2 Å². The summed E-state index contributed by atoms with van der Waals surface area (Å²) >= 11 is 0. The van der Waals surface area contributed by atoms with Crippen LogP contribution in [-0.4, -0.2) is 36.1 Å². The highest BCUT2D eigenvalue weighted by Gasteiger charge is 2.37. The largest absolute Gasteiger partial charge is 0.311 e. The highest BCUT2D eigenvalue weighted by molar-refractivity contribution is 4.97. The third-order valence-electron chi connectivity index (χ3n) is 4.92. The molecule has 0 aromatic heterocycles. The molecule has 1 unspecified atom stereocenters. The van der Waals surface area contributed by atoms with Crippen molar-refractivity contribution in [3.63, 3.8) is 0 Å². The van der Waals surface area contributed by atoms with E-state index in [1.807, 2.05) is 0 Å². The van der Waals surface area contributed by atoms with Crippen molar-refractivity contribution in [3.05, 3.63) is 0 Å². The average molecular weight is 254 g/mol. The molecular weight excluding hydrogens is 220 g/mol. The predicted molar refractivity (Wildman–Crippen MR) is 81.1 cm³/mol. The van der Waals surface area contributed by atoms with Gasteiger partial charge in [0.25, 0.3) is 0 Å². The predicted octanol–water partition coefficient (Wildman–Crippen LogP) is 3.81. The van der Waals surface area contributed by atoms with Crippen molar-refractivity contribution in [1.29, 1.82) is 0 Å². The molecule has 108 valence electrons. The van der Waals surface area contributed by atoms with Gasteiger partial charge in [-0.25, -0.2) is 0 Å². The zero-order valence-electron chi connectivity index (χ0n) is 13.1. The Kier molecular flexibility index (Phi) is 7.25. The van der Waals surface area contributed by atoms with Crippen molar-refractivity contribution in [2.45, 2.75) is 84.2 Å². The van der Waals surface area contributed by atoms with Crippen LogP contribution in [0.1, 0.15) is 72.6 Å². The van der Waals surface area contributed by atoms with Gasteiger partial charge >= 0.3 is 0 Å². The van der Waals surface area contributed by atoms with Crippen LogP contribution in [0.15, 0.2) is 0 Å². The van der Waals surface area contributed by atoms with Gasteiger partial charge in [-0.15, -0.1) is 0 Å². The lowest BCUT2D eigenvalue weighted by atomic mass is 9.86. The Morgan fingerprint density at radius 1 is 1.06 bits per heavy atom. The molecule has 1 N–H and O–H groups in total. The molecule has 2 nitrogen and oxygen atoms in total. The molecule has 0 aromatic rings. The van der Waals surface area contributed by atoms with Crippen LogP contribution in [0.4, 0.5) is 0 Å². The lowest BCUT2D eigenvalue weighted by Crippen LogP contribution is -2.64. The Morgan fingerprint density at radius 2 is 1.78 bits per heavy atom. The Bertz CT molecular complexity index is 211. The molecule has 0 spiro atoms. The molecule has 1 atom stereocenters. The molecule has 1 aliphatic rings. The maximum absolute atomic E-state index is 3.75. The lowest BCUT2D eigenvalue weighted by Gasteiger charge is -2.50. The van der Waals surface area contributed by atoms with Crippen molar-refractivity contribution in [3.8, 4) is 0 Å². The van der Waals surface area contributed by atoms with E-state index in [1.165, 1.54) is 64.6 Å². The fraction of sp³-hybridized carbons (Fsp3) is 1.00. The van der Waals surface area contributed by atoms with Gasteiger partial charge in [0.15, 0.2) is 0 Å². The summed E-state index contributed by atoms with van der Waals surface area (Å²) in [5.41, 5.74) is 0.428. The van der Waals surface area contributed by atoms with Gasteiger partial charge in [-0.3, -0.25) is 4.90 Å². The molecule has 1 fully saturated rings. The Balaban J connectivity index is 2.53. The third-order valence-corrected chi connectivity index (χ3v) is 4.92. The van der Waals surface area contributed by atoms with Crippen molar-refractivity contribution >= 4 is 0 Å². The first-order valence-corrected chi connectivity index (χ1v) is 8.20. The number of rotatable bonds is 8. The van der Waals surface area contributed by atoms with E-state index in [0.29, 0.717) is 11.6 Å². The van der Waals surface area contributed by atoms with Gasteiger partial charge in [0.1, 0.15) is 0 Å². The second-order valence-corrected chi connectivity index (χ2v) is 5.92. The highest BCUT2D eigenvalue weighted by atomic mass is 15.3. The Morgan fingerprint density at radius 3 is 2.33 bits per heavy atom. The molecule has 1 heterocycles. The van der Waals surface area contributed by atoms with Crippen molar-refractivity contribution in [2.75, 3.05) is 19.6 Å². The van der Waals surface area contributed by atoms with E-state index in [2.05, 4.69) is 37.9 Å². The summed E-state index contributed by atoms with van der Waals surface area (Å²) in [5.74, 6) is 0. The molecule has 0 saturated carbocycles. The maximum Gasteiger partial charge on any atom is 0.0329 e. The summed E-state index contributed by atoms with van der Waals surface area (Å²) in [6, 6.07) is 0.711. The fourth-order valence-corrected chi connectivity index (χ4v) is 3.25. The Hall–Kier alpha value is -0.0800. The molecule has 0 amide bonds. The summed E-state index contributed by atoms with van der Waals surface area (Å²) in [6.07, 6.45) is 9.34. The van der Waals surface area contributed by atoms with Gasteiger partial charge in [0.2, 0.25) is 0 Å². The first kappa shape index (κ1) is 16.0. The highest BCUT2D eigenvalue weighted by Crippen LogP contribution is 2.28. The van der Waals surface area contributed by atoms with Gasteiger partial charge in [-0.1, -0.05) is 47.0 Å². The quantitative estimate of drug-likeness (QED) is 0.663. The number of unbranched alkanes of at least 4 members (excludes halogenated alkanes) is 3. The van der Waals surface area contributed by atoms with E-state index in [4.69, 9.17) is 0 Å². The van der Waals surface area contributed by atoms with Crippen LogP contribution in [0.25, 0.3) is 0 Å². The zero-order valence-corrected chi connectivity index (χ0v) is 13.1. The molecule has 0 bridgehead atoms. The van der Waals surface area contributed by atoms with Crippen molar-refractivity contribution in [2.24, 2.45) is 0 Å². The smallest absolute Gasteiger partial charge is 0.0329 e. The van der Waals surface area contributed by atoms with Gasteiger partial charge < -0.3 is 5.32 Å².